The van der Waals surface area contributed by atoms with E-state index in [2.05, 4.69) is 5.32 Å². The molecule has 0 saturated carbocycles. The second kappa shape index (κ2) is 7.78. The van der Waals surface area contributed by atoms with Gasteiger partial charge in [-0.05, 0) is 19.4 Å². The fourth-order valence-electron chi connectivity index (χ4n) is 1.61. The summed E-state index contributed by atoms with van der Waals surface area (Å²) in [6, 6.07) is 1.04. The molecular formula is C13H17F3N2O. The van der Waals surface area contributed by atoms with Crippen molar-refractivity contribution in [2.24, 2.45) is 5.73 Å². The third-order valence-corrected chi connectivity index (χ3v) is 2.64. The minimum absolute atomic E-state index is 0.211. The average Bonchev–Trinajstić information content (AvgIpc) is 2.35. The highest BCUT2D eigenvalue weighted by molar-refractivity contribution is 5.90. The van der Waals surface area contributed by atoms with Crippen molar-refractivity contribution in [3.8, 4) is 0 Å². The van der Waals surface area contributed by atoms with Crippen molar-refractivity contribution in [3.63, 3.8) is 0 Å². The van der Waals surface area contributed by atoms with Crippen LogP contribution in [0.15, 0.2) is 12.1 Å². The summed E-state index contributed by atoms with van der Waals surface area (Å²) < 4.78 is 38.8. The Morgan fingerprint density at radius 1 is 1.00 bits per heavy atom. The number of benzene rings is 1. The third-order valence-electron chi connectivity index (χ3n) is 2.64. The summed E-state index contributed by atoms with van der Waals surface area (Å²) in [7, 11) is 0. The van der Waals surface area contributed by atoms with Gasteiger partial charge in [0, 0.05) is 18.6 Å². The van der Waals surface area contributed by atoms with Gasteiger partial charge in [0.15, 0.2) is 11.6 Å². The van der Waals surface area contributed by atoms with Crippen LogP contribution in [0.1, 0.15) is 32.1 Å². The highest BCUT2D eigenvalue weighted by Gasteiger charge is 2.11. The number of anilines is 1. The van der Waals surface area contributed by atoms with E-state index in [4.69, 9.17) is 5.73 Å². The molecule has 106 valence electrons. The molecule has 0 fully saturated rings. The number of rotatable bonds is 7. The maximum Gasteiger partial charge on any atom is 0.224 e. The van der Waals surface area contributed by atoms with Gasteiger partial charge in [-0.25, -0.2) is 13.2 Å². The Labute approximate surface area is 110 Å². The second-order valence-electron chi connectivity index (χ2n) is 4.25. The first-order chi connectivity index (χ1) is 9.04. The van der Waals surface area contributed by atoms with E-state index < -0.39 is 23.4 Å². The van der Waals surface area contributed by atoms with Crippen LogP contribution in [0.5, 0.6) is 0 Å². The SMILES string of the molecule is NCCCCCCC(=O)Nc1cc(F)c(F)cc1F. The molecule has 0 aliphatic carbocycles. The van der Waals surface area contributed by atoms with E-state index in [-0.39, 0.29) is 12.1 Å². The van der Waals surface area contributed by atoms with Crippen LogP contribution in [-0.4, -0.2) is 12.5 Å². The van der Waals surface area contributed by atoms with Gasteiger partial charge in [-0.1, -0.05) is 12.8 Å². The molecule has 3 N–H and O–H groups in total. The molecule has 0 atom stereocenters. The molecule has 3 nitrogen and oxygen atoms in total. The van der Waals surface area contributed by atoms with E-state index in [1.54, 1.807) is 0 Å². The summed E-state index contributed by atoms with van der Waals surface area (Å²) in [4.78, 5) is 11.5. The van der Waals surface area contributed by atoms with Crippen LogP contribution >= 0.6 is 0 Å². The highest BCUT2D eigenvalue weighted by Crippen LogP contribution is 2.18. The Bertz CT molecular complexity index is 438. The summed E-state index contributed by atoms with van der Waals surface area (Å²) in [6.45, 7) is 0.617. The van der Waals surface area contributed by atoms with Gasteiger partial charge < -0.3 is 11.1 Å². The van der Waals surface area contributed by atoms with Gasteiger partial charge in [0.25, 0.3) is 0 Å². The first-order valence-corrected chi connectivity index (χ1v) is 6.19. The zero-order valence-electron chi connectivity index (χ0n) is 10.5. The molecule has 0 heterocycles. The molecule has 1 aromatic carbocycles. The maximum atomic E-state index is 13.2. The molecule has 0 aromatic heterocycles. The fraction of sp³-hybridized carbons (Fsp3) is 0.462. The predicted octanol–water partition coefficient (Wildman–Crippen LogP) is 2.95. The zero-order valence-corrected chi connectivity index (χ0v) is 10.5. The number of hydrogen-bond donors (Lipinski definition) is 2. The third kappa shape index (κ3) is 5.30. The van der Waals surface area contributed by atoms with Crippen molar-refractivity contribution in [2.75, 3.05) is 11.9 Å². The number of amides is 1. The highest BCUT2D eigenvalue weighted by atomic mass is 19.2. The maximum absolute atomic E-state index is 13.2. The lowest BCUT2D eigenvalue weighted by atomic mass is 10.1. The normalized spacial score (nSPS) is 10.5. The molecule has 0 saturated heterocycles. The predicted molar refractivity (Wildman–Crippen MR) is 67.1 cm³/mol. The topological polar surface area (TPSA) is 55.1 Å². The largest absolute Gasteiger partial charge is 0.330 e. The van der Waals surface area contributed by atoms with Crippen LogP contribution in [0.4, 0.5) is 18.9 Å². The Hall–Kier alpha value is -1.56. The monoisotopic (exact) mass is 274 g/mol. The number of nitrogens with one attached hydrogen (secondary N) is 1. The molecule has 0 bridgehead atoms. The molecule has 0 aliphatic rings. The molecule has 6 heteroatoms. The van der Waals surface area contributed by atoms with Crippen molar-refractivity contribution in [2.45, 2.75) is 32.1 Å². The van der Waals surface area contributed by atoms with Crippen LogP contribution in [0.3, 0.4) is 0 Å². The quantitative estimate of drug-likeness (QED) is 0.593. The zero-order chi connectivity index (χ0) is 14.3. The summed E-state index contributed by atoms with van der Waals surface area (Å²) in [5.41, 5.74) is 4.99. The summed E-state index contributed by atoms with van der Waals surface area (Å²) in [6.07, 6.45) is 3.55. The first-order valence-electron chi connectivity index (χ1n) is 6.19. The molecular weight excluding hydrogens is 257 g/mol. The summed E-state index contributed by atoms with van der Waals surface area (Å²) in [5, 5.41) is 2.22. The number of hydrogen-bond acceptors (Lipinski definition) is 2. The Morgan fingerprint density at radius 3 is 2.32 bits per heavy atom. The number of halogens is 3. The van der Waals surface area contributed by atoms with Crippen LogP contribution in [0.2, 0.25) is 0 Å². The van der Waals surface area contributed by atoms with Crippen LogP contribution < -0.4 is 11.1 Å². The van der Waals surface area contributed by atoms with Crippen molar-refractivity contribution in [1.29, 1.82) is 0 Å². The Morgan fingerprint density at radius 2 is 1.63 bits per heavy atom. The van der Waals surface area contributed by atoms with E-state index >= 15 is 0 Å². The van der Waals surface area contributed by atoms with E-state index in [0.29, 0.717) is 25.1 Å². The van der Waals surface area contributed by atoms with Gasteiger partial charge in [-0.3, -0.25) is 4.79 Å². The minimum atomic E-state index is -1.28. The lowest BCUT2D eigenvalue weighted by Crippen LogP contribution is -2.13. The van der Waals surface area contributed by atoms with Crippen LogP contribution in [0.25, 0.3) is 0 Å². The summed E-state index contributed by atoms with van der Waals surface area (Å²) >= 11 is 0. The molecule has 0 spiro atoms. The lowest BCUT2D eigenvalue weighted by Gasteiger charge is -2.07. The van der Waals surface area contributed by atoms with E-state index in [1.807, 2.05) is 0 Å². The van der Waals surface area contributed by atoms with Gasteiger partial charge >= 0.3 is 0 Å². The van der Waals surface area contributed by atoms with Crippen LogP contribution in [-0.2, 0) is 4.79 Å². The van der Waals surface area contributed by atoms with Crippen molar-refractivity contribution < 1.29 is 18.0 Å². The molecule has 19 heavy (non-hydrogen) atoms. The van der Waals surface area contributed by atoms with Gasteiger partial charge in [0.1, 0.15) is 5.82 Å². The van der Waals surface area contributed by atoms with E-state index in [9.17, 15) is 18.0 Å². The number of carbonyl (C=O) groups excluding carboxylic acids is 1. The summed E-state index contributed by atoms with van der Waals surface area (Å²) in [5.74, 6) is -3.88. The van der Waals surface area contributed by atoms with Crippen molar-refractivity contribution in [3.05, 3.63) is 29.6 Å². The molecule has 0 aliphatic heterocycles. The Balaban J connectivity index is 2.42. The van der Waals surface area contributed by atoms with E-state index in [1.165, 1.54) is 0 Å². The Kier molecular flexibility index (Phi) is 6.35. The minimum Gasteiger partial charge on any atom is -0.330 e. The van der Waals surface area contributed by atoms with Gasteiger partial charge in [0.2, 0.25) is 5.91 Å². The molecule has 1 rings (SSSR count). The lowest BCUT2D eigenvalue weighted by molar-refractivity contribution is -0.116. The van der Waals surface area contributed by atoms with Crippen molar-refractivity contribution >= 4 is 11.6 Å². The van der Waals surface area contributed by atoms with Crippen LogP contribution in [0, 0.1) is 17.5 Å². The average molecular weight is 274 g/mol. The number of carbonyl (C=O) groups is 1. The van der Waals surface area contributed by atoms with Gasteiger partial charge in [-0.2, -0.15) is 0 Å². The molecule has 1 aromatic rings. The standard InChI is InChI=1S/C13H17F3N2O/c14-9-7-11(16)12(8-10(9)15)18-13(19)5-3-1-2-4-6-17/h7-8H,1-6,17H2,(H,18,19). The number of unbranched alkanes of at least 4 members (excludes halogenated alkanes) is 3. The smallest absolute Gasteiger partial charge is 0.224 e. The molecule has 1 amide bonds. The molecule has 0 unspecified atom stereocenters. The first kappa shape index (κ1) is 15.5. The van der Waals surface area contributed by atoms with Crippen molar-refractivity contribution in [1.82, 2.24) is 0 Å². The second-order valence-corrected chi connectivity index (χ2v) is 4.25. The van der Waals surface area contributed by atoms with E-state index in [0.717, 1.165) is 19.3 Å². The fourth-order valence-corrected chi connectivity index (χ4v) is 1.61. The van der Waals surface area contributed by atoms with Gasteiger partial charge in [0.05, 0.1) is 5.69 Å². The van der Waals surface area contributed by atoms with Gasteiger partial charge in [-0.15, -0.1) is 0 Å². The number of nitrogens with two attached hydrogens (primary N) is 1. The molecule has 0 radical (unpaired) electrons.